The first kappa shape index (κ1) is 15.5. The van der Waals surface area contributed by atoms with Crippen molar-refractivity contribution in [2.75, 3.05) is 12.4 Å². The lowest BCUT2D eigenvalue weighted by molar-refractivity contribution is 0.0602. The molecule has 0 bridgehead atoms. The Balaban J connectivity index is 1.75. The van der Waals surface area contributed by atoms with Crippen molar-refractivity contribution in [2.45, 2.75) is 13.1 Å². The largest absolute Gasteiger partial charge is 0.465 e. The molecule has 0 saturated heterocycles. The first-order chi connectivity index (χ1) is 11.2. The van der Waals surface area contributed by atoms with Crippen LogP contribution in [0, 0.1) is 0 Å². The zero-order valence-corrected chi connectivity index (χ0v) is 13.5. The molecule has 0 fully saturated rings. The quantitative estimate of drug-likeness (QED) is 0.653. The second kappa shape index (κ2) is 6.76. The van der Waals surface area contributed by atoms with Crippen molar-refractivity contribution in [2.24, 2.45) is 0 Å². The summed E-state index contributed by atoms with van der Waals surface area (Å²) in [4.78, 5) is 11.8. The SMILES string of the molecule is COC(=O)c1ccccc1NC(=S)N1Cc2ccccc2CN1. The molecule has 5 nitrogen and oxygen atoms in total. The second-order valence-electron chi connectivity index (χ2n) is 5.16. The Labute approximate surface area is 140 Å². The summed E-state index contributed by atoms with van der Waals surface area (Å²) < 4.78 is 4.80. The van der Waals surface area contributed by atoms with E-state index in [4.69, 9.17) is 17.0 Å². The molecule has 0 amide bonds. The number of benzene rings is 2. The Bertz CT molecular complexity index is 748. The Morgan fingerprint density at radius 3 is 2.65 bits per heavy atom. The normalized spacial score (nSPS) is 13.2. The zero-order valence-electron chi connectivity index (χ0n) is 12.7. The van der Waals surface area contributed by atoms with Crippen LogP contribution in [0.3, 0.4) is 0 Å². The maximum atomic E-state index is 11.8. The van der Waals surface area contributed by atoms with E-state index in [1.807, 2.05) is 23.2 Å². The van der Waals surface area contributed by atoms with E-state index in [-0.39, 0.29) is 0 Å². The number of rotatable bonds is 2. The van der Waals surface area contributed by atoms with Crippen molar-refractivity contribution in [3.05, 3.63) is 65.2 Å². The number of carbonyl (C=O) groups is 1. The van der Waals surface area contributed by atoms with E-state index < -0.39 is 5.97 Å². The summed E-state index contributed by atoms with van der Waals surface area (Å²) >= 11 is 5.47. The van der Waals surface area contributed by atoms with Crippen LogP contribution >= 0.6 is 12.2 Å². The first-order valence-corrected chi connectivity index (χ1v) is 7.66. The molecule has 0 unspecified atom stereocenters. The molecule has 0 spiro atoms. The Morgan fingerprint density at radius 2 is 1.87 bits per heavy atom. The third-order valence-electron chi connectivity index (χ3n) is 3.73. The average Bonchev–Trinajstić information content (AvgIpc) is 2.61. The van der Waals surface area contributed by atoms with Crippen molar-refractivity contribution in [1.29, 1.82) is 0 Å². The fraction of sp³-hybridized carbons (Fsp3) is 0.176. The Hall–Kier alpha value is -2.44. The van der Waals surface area contributed by atoms with Crippen LogP contribution in [-0.2, 0) is 17.8 Å². The topological polar surface area (TPSA) is 53.6 Å². The van der Waals surface area contributed by atoms with Crippen molar-refractivity contribution >= 4 is 29.0 Å². The molecule has 23 heavy (non-hydrogen) atoms. The highest BCUT2D eigenvalue weighted by molar-refractivity contribution is 7.80. The van der Waals surface area contributed by atoms with Crippen LogP contribution in [0.4, 0.5) is 5.69 Å². The minimum absolute atomic E-state index is 0.396. The number of methoxy groups -OCH3 is 1. The first-order valence-electron chi connectivity index (χ1n) is 7.25. The average molecular weight is 327 g/mol. The molecule has 6 heteroatoms. The van der Waals surface area contributed by atoms with Crippen LogP contribution in [0.5, 0.6) is 0 Å². The summed E-state index contributed by atoms with van der Waals surface area (Å²) in [5.41, 5.74) is 6.85. The van der Waals surface area contributed by atoms with Gasteiger partial charge in [0.15, 0.2) is 5.11 Å². The molecule has 0 aliphatic carbocycles. The van der Waals surface area contributed by atoms with E-state index >= 15 is 0 Å². The van der Waals surface area contributed by atoms with Gasteiger partial charge in [-0.3, -0.25) is 5.01 Å². The second-order valence-corrected chi connectivity index (χ2v) is 5.54. The van der Waals surface area contributed by atoms with Crippen molar-refractivity contribution < 1.29 is 9.53 Å². The molecular formula is C17H17N3O2S. The van der Waals surface area contributed by atoms with Gasteiger partial charge in [-0.2, -0.15) is 0 Å². The number of hydrogen-bond acceptors (Lipinski definition) is 4. The smallest absolute Gasteiger partial charge is 0.339 e. The van der Waals surface area contributed by atoms with Gasteiger partial charge in [-0.05, 0) is 35.5 Å². The maximum absolute atomic E-state index is 11.8. The van der Waals surface area contributed by atoms with E-state index in [1.54, 1.807) is 18.2 Å². The number of esters is 1. The van der Waals surface area contributed by atoms with E-state index in [9.17, 15) is 4.79 Å². The maximum Gasteiger partial charge on any atom is 0.339 e. The highest BCUT2D eigenvalue weighted by atomic mass is 32.1. The number of para-hydroxylation sites is 1. The number of hydrogen-bond donors (Lipinski definition) is 2. The molecule has 2 N–H and O–H groups in total. The van der Waals surface area contributed by atoms with Crippen LogP contribution in [0.25, 0.3) is 0 Å². The summed E-state index contributed by atoms with van der Waals surface area (Å²) in [5, 5.41) is 5.50. The molecule has 0 saturated carbocycles. The van der Waals surface area contributed by atoms with E-state index in [1.165, 1.54) is 18.2 Å². The summed E-state index contributed by atoms with van der Waals surface area (Å²) in [6.07, 6.45) is 0. The molecule has 1 heterocycles. The summed E-state index contributed by atoms with van der Waals surface area (Å²) in [5.74, 6) is -0.396. The lowest BCUT2D eigenvalue weighted by atomic mass is 10.1. The molecule has 2 aromatic rings. The van der Waals surface area contributed by atoms with Crippen LogP contribution in [-0.4, -0.2) is 23.2 Å². The lowest BCUT2D eigenvalue weighted by Gasteiger charge is -2.32. The number of anilines is 1. The van der Waals surface area contributed by atoms with Gasteiger partial charge in [0.1, 0.15) is 0 Å². The highest BCUT2D eigenvalue weighted by Gasteiger charge is 2.19. The molecule has 3 rings (SSSR count). The van der Waals surface area contributed by atoms with E-state index in [0.29, 0.717) is 22.9 Å². The highest BCUT2D eigenvalue weighted by Crippen LogP contribution is 2.19. The zero-order chi connectivity index (χ0) is 16.2. The number of nitrogens with zero attached hydrogens (tertiary/aromatic N) is 1. The van der Waals surface area contributed by atoms with Gasteiger partial charge in [0.25, 0.3) is 0 Å². The number of thiocarbonyl (C=S) groups is 1. The minimum atomic E-state index is -0.396. The lowest BCUT2D eigenvalue weighted by Crippen LogP contribution is -2.47. The number of carbonyl (C=O) groups excluding carboxylic acids is 1. The third-order valence-corrected chi connectivity index (χ3v) is 4.05. The fourth-order valence-corrected chi connectivity index (χ4v) is 2.74. The molecule has 0 atom stereocenters. The molecule has 0 aromatic heterocycles. The molecule has 1 aliphatic heterocycles. The van der Waals surface area contributed by atoms with Gasteiger partial charge in [-0.1, -0.05) is 36.4 Å². The fourth-order valence-electron chi connectivity index (χ4n) is 2.50. The van der Waals surface area contributed by atoms with Crippen LogP contribution in [0.2, 0.25) is 0 Å². The molecular weight excluding hydrogens is 310 g/mol. The van der Waals surface area contributed by atoms with Crippen LogP contribution in [0.1, 0.15) is 21.5 Å². The van der Waals surface area contributed by atoms with Crippen molar-refractivity contribution in [3.8, 4) is 0 Å². The predicted octanol–water partition coefficient (Wildman–Crippen LogP) is 2.69. The minimum Gasteiger partial charge on any atom is -0.465 e. The predicted molar refractivity (Wildman–Crippen MR) is 92.8 cm³/mol. The van der Waals surface area contributed by atoms with E-state index in [0.717, 1.165) is 6.54 Å². The van der Waals surface area contributed by atoms with Gasteiger partial charge in [0.05, 0.1) is 24.9 Å². The number of fused-ring (bicyclic) bond motifs is 1. The Morgan fingerprint density at radius 1 is 1.17 bits per heavy atom. The van der Waals surface area contributed by atoms with Gasteiger partial charge >= 0.3 is 5.97 Å². The van der Waals surface area contributed by atoms with E-state index in [2.05, 4.69) is 22.9 Å². The van der Waals surface area contributed by atoms with Gasteiger partial charge in [-0.15, -0.1) is 0 Å². The number of hydrazine groups is 1. The molecule has 2 aromatic carbocycles. The third kappa shape index (κ3) is 3.33. The molecule has 0 radical (unpaired) electrons. The summed E-state index contributed by atoms with van der Waals surface area (Å²) in [7, 11) is 1.36. The van der Waals surface area contributed by atoms with Crippen LogP contribution < -0.4 is 10.7 Å². The Kier molecular flexibility index (Phi) is 4.55. The number of nitrogens with one attached hydrogen (secondary N) is 2. The summed E-state index contributed by atoms with van der Waals surface area (Å²) in [6, 6.07) is 15.4. The monoisotopic (exact) mass is 327 g/mol. The van der Waals surface area contributed by atoms with Gasteiger partial charge in [0, 0.05) is 6.54 Å². The standard InChI is InChI=1S/C17H17N3O2S/c1-22-16(21)14-8-4-5-9-15(14)19-17(23)20-11-13-7-3-2-6-12(13)10-18-20/h2-9,18H,10-11H2,1H3,(H,19,23). The molecule has 1 aliphatic rings. The van der Waals surface area contributed by atoms with Crippen LogP contribution in [0.15, 0.2) is 48.5 Å². The van der Waals surface area contributed by atoms with Crippen molar-refractivity contribution in [1.82, 2.24) is 10.4 Å². The van der Waals surface area contributed by atoms with Gasteiger partial charge in [0.2, 0.25) is 0 Å². The van der Waals surface area contributed by atoms with Gasteiger partial charge < -0.3 is 10.1 Å². The molecule has 118 valence electrons. The van der Waals surface area contributed by atoms with Crippen molar-refractivity contribution in [3.63, 3.8) is 0 Å². The van der Waals surface area contributed by atoms with Gasteiger partial charge in [-0.25, -0.2) is 10.2 Å². The summed E-state index contributed by atoms with van der Waals surface area (Å²) in [6.45, 7) is 1.39. The number of ether oxygens (including phenoxy) is 1.